The van der Waals surface area contributed by atoms with Gasteiger partial charge in [-0.05, 0) is 43.7 Å². The van der Waals surface area contributed by atoms with Crippen LogP contribution in [0.5, 0.6) is 0 Å². The predicted octanol–water partition coefficient (Wildman–Crippen LogP) is 3.74. The number of carboxylic acids is 1. The van der Waals surface area contributed by atoms with Crippen molar-refractivity contribution in [3.05, 3.63) is 68.9 Å². The van der Waals surface area contributed by atoms with E-state index in [0.29, 0.717) is 22.3 Å². The van der Waals surface area contributed by atoms with Gasteiger partial charge in [-0.25, -0.2) is 4.79 Å². The molecule has 4 nitrogen and oxygen atoms in total. The van der Waals surface area contributed by atoms with Crippen molar-refractivity contribution in [3.8, 4) is 22.5 Å². The lowest BCUT2D eigenvalue weighted by atomic mass is 9.92. The van der Waals surface area contributed by atoms with E-state index in [1.54, 1.807) is 36.4 Å². The summed E-state index contributed by atoms with van der Waals surface area (Å²) in [5.41, 5.74) is 2.72. The molecular weight excluding hydrogens is 328 g/mol. The van der Waals surface area contributed by atoms with Crippen molar-refractivity contribution in [1.82, 2.24) is 0 Å². The van der Waals surface area contributed by atoms with Gasteiger partial charge in [-0.1, -0.05) is 38.1 Å². The summed E-state index contributed by atoms with van der Waals surface area (Å²) >= 11 is 0. The van der Waals surface area contributed by atoms with Crippen LogP contribution in [0.3, 0.4) is 0 Å². The Hall–Kier alpha value is -3.14. The average molecular weight is 350 g/mol. The summed E-state index contributed by atoms with van der Waals surface area (Å²) in [6.45, 7) is 7.71. The Bertz CT molecular complexity index is 1070. The molecule has 0 aromatic heterocycles. The van der Waals surface area contributed by atoms with Crippen LogP contribution < -0.4 is 16.1 Å². The van der Waals surface area contributed by atoms with Gasteiger partial charge in [-0.3, -0.25) is 4.79 Å². The third kappa shape index (κ3) is 3.45. The van der Waals surface area contributed by atoms with E-state index >= 15 is 0 Å². The molecule has 4 heteroatoms. The molecule has 0 atom stereocenters. The lowest BCUT2D eigenvalue weighted by Crippen LogP contribution is -2.28. The smallest absolute Gasteiger partial charge is 0.336 e. The molecule has 0 unspecified atom stereocenters. The first-order chi connectivity index (χ1) is 12.6. The fourth-order valence-electron chi connectivity index (χ4n) is 2.91. The molecule has 134 valence electrons. The van der Waals surface area contributed by atoms with Gasteiger partial charge in [0.05, 0.1) is 5.56 Å². The monoisotopic (exact) mass is 350 g/mol. The van der Waals surface area contributed by atoms with Gasteiger partial charge in [0.25, 0.3) is 0 Å². The summed E-state index contributed by atoms with van der Waals surface area (Å²) in [7, 11) is 0. The molecule has 1 aromatic rings. The van der Waals surface area contributed by atoms with Crippen molar-refractivity contribution in [1.29, 1.82) is 0 Å². The lowest BCUT2D eigenvalue weighted by Gasteiger charge is -2.14. The Morgan fingerprint density at radius 1 is 1.00 bits per heavy atom. The van der Waals surface area contributed by atoms with Crippen molar-refractivity contribution in [2.24, 2.45) is 0 Å². The van der Waals surface area contributed by atoms with E-state index in [9.17, 15) is 14.7 Å². The molecule has 0 bridgehead atoms. The first-order valence-corrected chi connectivity index (χ1v) is 8.59. The standard InChI is InChI=1S/C20H16O4.C2H6/c1-3-13-17(4-2)24-18-11-12(21)9-10-16(18)19(13)14-7-5-6-8-15(14)20(22)23;1-2/h3-11H,1-2H3,(H,22,23);1-2H3/b13-3+,17-4+;. The molecule has 1 heterocycles. The minimum Gasteiger partial charge on any atom is -0.478 e. The van der Waals surface area contributed by atoms with Crippen LogP contribution in [0.4, 0.5) is 0 Å². The van der Waals surface area contributed by atoms with Crippen LogP contribution in [-0.4, -0.2) is 11.1 Å². The maximum absolute atomic E-state index is 11.7. The molecule has 1 aliphatic carbocycles. The second-order valence-corrected chi connectivity index (χ2v) is 5.34. The molecule has 26 heavy (non-hydrogen) atoms. The Kier molecular flexibility index (Phi) is 6.12. The molecule has 3 rings (SSSR count). The maximum atomic E-state index is 11.7. The molecule has 0 saturated heterocycles. The van der Waals surface area contributed by atoms with Gasteiger partial charge in [0.2, 0.25) is 0 Å². The summed E-state index contributed by atoms with van der Waals surface area (Å²) < 4.78 is 5.84. The van der Waals surface area contributed by atoms with Crippen LogP contribution >= 0.6 is 0 Å². The highest BCUT2D eigenvalue weighted by Crippen LogP contribution is 2.31. The number of aromatic carboxylic acids is 1. The molecule has 0 amide bonds. The van der Waals surface area contributed by atoms with Gasteiger partial charge in [0.1, 0.15) is 11.2 Å². The SMILES string of the molecule is C/C=c1/c(-c2ccccc2C(=O)O)c2ccc(=O)cc-2o/c1=C/C.CC. The number of carbonyl (C=O) groups is 1. The number of fused-ring (bicyclic) bond motifs is 1. The van der Waals surface area contributed by atoms with Crippen molar-refractivity contribution in [3.63, 3.8) is 0 Å². The Labute approximate surface area is 152 Å². The quantitative estimate of drug-likeness (QED) is 0.764. The molecule has 0 fully saturated rings. The summed E-state index contributed by atoms with van der Waals surface area (Å²) in [5, 5.41) is 10.3. The van der Waals surface area contributed by atoms with Crippen LogP contribution in [0.15, 0.2) is 51.7 Å². The van der Waals surface area contributed by atoms with Crippen LogP contribution in [0.1, 0.15) is 38.1 Å². The van der Waals surface area contributed by atoms with Crippen molar-refractivity contribution < 1.29 is 14.3 Å². The Balaban J connectivity index is 0.00000117. The van der Waals surface area contributed by atoms with Gasteiger partial charge in [0.15, 0.2) is 5.43 Å². The zero-order valence-electron chi connectivity index (χ0n) is 15.4. The van der Waals surface area contributed by atoms with Gasteiger partial charge in [-0.2, -0.15) is 0 Å². The van der Waals surface area contributed by atoms with E-state index < -0.39 is 5.97 Å². The average Bonchev–Trinajstić information content (AvgIpc) is 2.67. The van der Waals surface area contributed by atoms with Crippen molar-refractivity contribution in [2.45, 2.75) is 27.7 Å². The van der Waals surface area contributed by atoms with E-state index in [-0.39, 0.29) is 11.0 Å². The minimum absolute atomic E-state index is 0.154. The molecule has 2 aliphatic rings. The normalized spacial score (nSPS) is 12.0. The Morgan fingerprint density at radius 3 is 2.31 bits per heavy atom. The second-order valence-electron chi connectivity index (χ2n) is 5.34. The summed E-state index contributed by atoms with van der Waals surface area (Å²) in [4.78, 5) is 23.3. The van der Waals surface area contributed by atoms with Crippen molar-refractivity contribution in [2.75, 3.05) is 0 Å². The first kappa shape index (κ1) is 19.2. The summed E-state index contributed by atoms with van der Waals surface area (Å²) in [6, 6.07) is 11.4. The number of hydrogen-bond donors (Lipinski definition) is 1. The third-order valence-corrected chi connectivity index (χ3v) is 3.95. The Morgan fingerprint density at radius 2 is 1.69 bits per heavy atom. The fraction of sp³-hybridized carbons (Fsp3) is 0.182. The molecule has 1 N–H and O–H groups in total. The van der Waals surface area contributed by atoms with E-state index in [0.717, 1.165) is 10.8 Å². The summed E-state index contributed by atoms with van der Waals surface area (Å²) in [6.07, 6.45) is 3.69. The highest BCUT2D eigenvalue weighted by atomic mass is 16.4. The molecule has 0 spiro atoms. The molecule has 0 radical (unpaired) electrons. The zero-order valence-corrected chi connectivity index (χ0v) is 15.4. The highest BCUT2D eigenvalue weighted by Gasteiger charge is 2.19. The van der Waals surface area contributed by atoms with E-state index in [1.807, 2.05) is 33.8 Å². The van der Waals surface area contributed by atoms with E-state index in [2.05, 4.69) is 0 Å². The van der Waals surface area contributed by atoms with E-state index in [4.69, 9.17) is 4.42 Å². The first-order valence-electron chi connectivity index (χ1n) is 8.59. The number of hydrogen-bond acceptors (Lipinski definition) is 3. The lowest BCUT2D eigenvalue weighted by molar-refractivity contribution is 0.0697. The van der Waals surface area contributed by atoms with Crippen LogP contribution in [0, 0.1) is 0 Å². The van der Waals surface area contributed by atoms with Gasteiger partial charge in [-0.15, -0.1) is 0 Å². The van der Waals surface area contributed by atoms with Gasteiger partial charge < -0.3 is 9.52 Å². The summed E-state index contributed by atoms with van der Waals surface area (Å²) in [5.74, 6) is -0.555. The third-order valence-electron chi connectivity index (χ3n) is 3.95. The second kappa shape index (κ2) is 8.30. The zero-order chi connectivity index (χ0) is 19.3. The minimum atomic E-state index is -0.996. The molecule has 1 aliphatic heterocycles. The number of rotatable bonds is 2. The molecule has 0 saturated carbocycles. The topological polar surface area (TPSA) is 67.5 Å². The molecule has 1 aromatic carbocycles. The fourth-order valence-corrected chi connectivity index (χ4v) is 2.91. The highest BCUT2D eigenvalue weighted by molar-refractivity contribution is 5.98. The predicted molar refractivity (Wildman–Crippen MR) is 105 cm³/mol. The van der Waals surface area contributed by atoms with Crippen molar-refractivity contribution >= 4 is 18.1 Å². The van der Waals surface area contributed by atoms with Crippen LogP contribution in [0.25, 0.3) is 34.6 Å². The maximum Gasteiger partial charge on any atom is 0.336 e. The van der Waals surface area contributed by atoms with Gasteiger partial charge in [0, 0.05) is 22.4 Å². The van der Waals surface area contributed by atoms with E-state index in [1.165, 1.54) is 12.1 Å². The number of carboxylic acid groups (broad SMARTS) is 1. The largest absolute Gasteiger partial charge is 0.478 e. The van der Waals surface area contributed by atoms with Crippen LogP contribution in [-0.2, 0) is 0 Å². The molecular formula is C22H22O4. The van der Waals surface area contributed by atoms with Crippen LogP contribution in [0.2, 0.25) is 0 Å². The van der Waals surface area contributed by atoms with Gasteiger partial charge >= 0.3 is 5.97 Å². The number of benzene rings is 2.